The molecular weight excluding hydrogens is 386 g/mol. The number of nitrogens with zero attached hydrogens (tertiary/aromatic N) is 1. The second-order valence-corrected chi connectivity index (χ2v) is 7.40. The second-order valence-electron chi connectivity index (χ2n) is 7.40. The van der Waals surface area contributed by atoms with Gasteiger partial charge in [-0.25, -0.2) is 0 Å². The van der Waals surface area contributed by atoms with Crippen molar-refractivity contribution in [2.45, 2.75) is 32.4 Å². The minimum atomic E-state index is -0.186. The molecule has 162 valence electrons. The van der Waals surface area contributed by atoms with E-state index < -0.39 is 0 Å². The maximum absolute atomic E-state index is 12.3. The molecule has 0 radical (unpaired) electrons. The van der Waals surface area contributed by atoms with Gasteiger partial charge in [-0.1, -0.05) is 6.07 Å². The van der Waals surface area contributed by atoms with Gasteiger partial charge in [0.15, 0.2) is 17.3 Å². The van der Waals surface area contributed by atoms with Crippen LogP contribution in [0.4, 0.5) is 0 Å². The van der Waals surface area contributed by atoms with E-state index in [2.05, 4.69) is 15.5 Å². The van der Waals surface area contributed by atoms with E-state index in [1.165, 1.54) is 0 Å². The fraction of sp³-hybridized carbons (Fsp3) is 0.455. The highest BCUT2D eigenvalue weighted by Crippen LogP contribution is 2.27. The first-order valence-corrected chi connectivity index (χ1v) is 10.1. The summed E-state index contributed by atoms with van der Waals surface area (Å²) in [5.74, 6) is 2.13. The highest BCUT2D eigenvalue weighted by atomic mass is 16.5. The molecule has 30 heavy (non-hydrogen) atoms. The lowest BCUT2D eigenvalue weighted by molar-refractivity contribution is -0.122. The van der Waals surface area contributed by atoms with Gasteiger partial charge < -0.3 is 24.5 Å². The number of carbonyl (C=O) groups excluding carboxylic acids is 2. The van der Waals surface area contributed by atoms with Crippen molar-refractivity contribution < 1.29 is 23.5 Å². The van der Waals surface area contributed by atoms with Crippen LogP contribution in [-0.2, 0) is 11.3 Å². The molecule has 0 unspecified atom stereocenters. The number of ether oxygens (including phenoxy) is 2. The Morgan fingerprint density at radius 2 is 1.83 bits per heavy atom. The van der Waals surface area contributed by atoms with Gasteiger partial charge in [0.1, 0.15) is 5.76 Å². The zero-order valence-electron chi connectivity index (χ0n) is 17.7. The maximum atomic E-state index is 12.3. The molecule has 2 N–H and O–H groups in total. The normalized spacial score (nSPS) is 14.9. The summed E-state index contributed by atoms with van der Waals surface area (Å²) in [6, 6.07) is 9.13. The third-order valence-corrected chi connectivity index (χ3v) is 5.19. The average Bonchev–Trinajstić information content (AvgIpc) is 3.20. The molecule has 0 aliphatic carbocycles. The molecule has 1 aromatic heterocycles. The van der Waals surface area contributed by atoms with Crippen molar-refractivity contribution in [2.75, 3.05) is 33.9 Å². The van der Waals surface area contributed by atoms with E-state index in [1.807, 2.05) is 25.1 Å². The fourth-order valence-electron chi connectivity index (χ4n) is 3.50. The number of aryl methyl sites for hydroxylation is 1. The van der Waals surface area contributed by atoms with Gasteiger partial charge in [-0.2, -0.15) is 0 Å². The lowest BCUT2D eigenvalue weighted by Gasteiger charge is -2.31. The topological polar surface area (TPSA) is 93.0 Å². The number of benzene rings is 1. The van der Waals surface area contributed by atoms with Gasteiger partial charge >= 0.3 is 0 Å². The smallest absolute Gasteiger partial charge is 0.287 e. The molecule has 0 bridgehead atoms. The monoisotopic (exact) mass is 415 g/mol. The zero-order valence-corrected chi connectivity index (χ0v) is 17.7. The number of furan rings is 1. The maximum Gasteiger partial charge on any atom is 0.287 e. The molecule has 1 aromatic carbocycles. The van der Waals surface area contributed by atoms with E-state index >= 15 is 0 Å². The predicted octanol–water partition coefficient (Wildman–Crippen LogP) is 2.12. The molecule has 1 fully saturated rings. The number of methoxy groups -OCH3 is 2. The number of amides is 2. The first-order chi connectivity index (χ1) is 14.5. The summed E-state index contributed by atoms with van der Waals surface area (Å²) in [4.78, 5) is 26.6. The third kappa shape index (κ3) is 5.76. The van der Waals surface area contributed by atoms with Gasteiger partial charge in [-0.15, -0.1) is 0 Å². The van der Waals surface area contributed by atoms with Crippen LogP contribution in [0.15, 0.2) is 34.7 Å². The van der Waals surface area contributed by atoms with E-state index in [9.17, 15) is 9.59 Å². The highest BCUT2D eigenvalue weighted by Gasteiger charge is 2.23. The third-order valence-electron chi connectivity index (χ3n) is 5.19. The highest BCUT2D eigenvalue weighted by molar-refractivity contribution is 5.91. The minimum Gasteiger partial charge on any atom is -0.493 e. The fourth-order valence-corrected chi connectivity index (χ4v) is 3.50. The first kappa shape index (κ1) is 21.7. The number of hydrogen-bond acceptors (Lipinski definition) is 6. The van der Waals surface area contributed by atoms with E-state index in [0.29, 0.717) is 36.1 Å². The molecule has 1 aliphatic heterocycles. The van der Waals surface area contributed by atoms with E-state index in [4.69, 9.17) is 13.9 Å². The van der Waals surface area contributed by atoms with Gasteiger partial charge in [0.05, 0.1) is 20.8 Å². The molecule has 0 spiro atoms. The predicted molar refractivity (Wildman–Crippen MR) is 112 cm³/mol. The van der Waals surface area contributed by atoms with Gasteiger partial charge in [0.25, 0.3) is 5.91 Å². The first-order valence-electron chi connectivity index (χ1n) is 10.1. The van der Waals surface area contributed by atoms with Crippen molar-refractivity contribution in [3.8, 4) is 11.5 Å². The second kappa shape index (κ2) is 10.2. The Balaban J connectivity index is 1.39. The number of likely N-dealkylation sites (tertiary alicyclic amines) is 1. The van der Waals surface area contributed by atoms with Crippen LogP contribution in [0.5, 0.6) is 11.5 Å². The number of piperidine rings is 1. The summed E-state index contributed by atoms with van der Waals surface area (Å²) in [5.41, 5.74) is 0.940. The zero-order chi connectivity index (χ0) is 21.5. The number of nitrogens with one attached hydrogen (secondary N) is 2. The van der Waals surface area contributed by atoms with Crippen LogP contribution in [0.2, 0.25) is 0 Å². The van der Waals surface area contributed by atoms with E-state index in [-0.39, 0.29) is 17.9 Å². The summed E-state index contributed by atoms with van der Waals surface area (Å²) in [5, 5.41) is 5.95. The summed E-state index contributed by atoms with van der Waals surface area (Å²) in [6.45, 7) is 4.09. The van der Waals surface area contributed by atoms with Crippen LogP contribution in [-0.4, -0.2) is 56.6 Å². The SMILES string of the molecule is COc1ccc(CNC(=O)CN2CCC(NC(=O)c3ccc(C)o3)CC2)cc1OC. The van der Waals surface area contributed by atoms with Crippen LogP contribution in [0, 0.1) is 6.92 Å². The molecule has 8 nitrogen and oxygen atoms in total. The molecule has 3 rings (SSSR count). The Morgan fingerprint density at radius 3 is 2.47 bits per heavy atom. The van der Waals surface area contributed by atoms with Crippen molar-refractivity contribution in [1.29, 1.82) is 0 Å². The molecular formula is C22H29N3O5. The lowest BCUT2D eigenvalue weighted by Crippen LogP contribution is -2.47. The number of carbonyl (C=O) groups is 2. The van der Waals surface area contributed by atoms with E-state index in [1.54, 1.807) is 26.4 Å². The quantitative estimate of drug-likeness (QED) is 0.686. The summed E-state index contributed by atoms with van der Waals surface area (Å²) < 4.78 is 15.9. The van der Waals surface area contributed by atoms with E-state index in [0.717, 1.165) is 31.5 Å². The van der Waals surface area contributed by atoms with Crippen molar-refractivity contribution in [3.05, 3.63) is 47.4 Å². The van der Waals surface area contributed by atoms with Gasteiger partial charge in [-0.05, 0) is 49.6 Å². The Hall–Kier alpha value is -3.00. The lowest BCUT2D eigenvalue weighted by atomic mass is 10.0. The van der Waals surface area contributed by atoms with Crippen molar-refractivity contribution >= 4 is 11.8 Å². The average molecular weight is 415 g/mol. The summed E-state index contributed by atoms with van der Waals surface area (Å²) >= 11 is 0. The van der Waals surface area contributed by atoms with Crippen molar-refractivity contribution in [1.82, 2.24) is 15.5 Å². The van der Waals surface area contributed by atoms with Crippen molar-refractivity contribution in [3.63, 3.8) is 0 Å². The molecule has 0 atom stereocenters. The van der Waals surface area contributed by atoms with Gasteiger partial charge in [0, 0.05) is 25.7 Å². The van der Waals surface area contributed by atoms with Crippen LogP contribution in [0.25, 0.3) is 0 Å². The Labute approximate surface area is 176 Å². The van der Waals surface area contributed by atoms with Crippen LogP contribution in [0.1, 0.15) is 34.7 Å². The van der Waals surface area contributed by atoms with Gasteiger partial charge in [0.2, 0.25) is 5.91 Å². The largest absolute Gasteiger partial charge is 0.493 e. The van der Waals surface area contributed by atoms with Gasteiger partial charge in [-0.3, -0.25) is 14.5 Å². The Kier molecular flexibility index (Phi) is 7.35. The molecule has 2 aromatic rings. The molecule has 0 saturated carbocycles. The summed E-state index contributed by atoms with van der Waals surface area (Å²) in [6.07, 6.45) is 1.60. The number of hydrogen-bond donors (Lipinski definition) is 2. The van der Waals surface area contributed by atoms with Crippen LogP contribution < -0.4 is 20.1 Å². The van der Waals surface area contributed by atoms with Crippen LogP contribution in [0.3, 0.4) is 0 Å². The Bertz CT molecular complexity index is 871. The Morgan fingerprint density at radius 1 is 1.10 bits per heavy atom. The summed E-state index contributed by atoms with van der Waals surface area (Å²) in [7, 11) is 3.17. The minimum absolute atomic E-state index is 0.0293. The molecule has 2 heterocycles. The number of rotatable bonds is 8. The van der Waals surface area contributed by atoms with Crippen LogP contribution >= 0.6 is 0 Å². The molecule has 1 aliphatic rings. The standard InChI is InChI=1S/C22H29N3O5/c1-15-4-6-19(30-15)22(27)24-17-8-10-25(11-9-17)14-21(26)23-13-16-5-7-18(28-2)20(12-16)29-3/h4-7,12,17H,8-11,13-14H2,1-3H3,(H,23,26)(H,24,27). The molecule has 8 heteroatoms. The molecule has 1 saturated heterocycles. The molecule has 2 amide bonds. The van der Waals surface area contributed by atoms with Crippen molar-refractivity contribution in [2.24, 2.45) is 0 Å².